The van der Waals surface area contributed by atoms with Gasteiger partial charge in [0.15, 0.2) is 5.78 Å². The first-order chi connectivity index (χ1) is 13.4. The number of carbonyl (C=O) groups excluding carboxylic acids is 1. The molecule has 0 unspecified atom stereocenters. The predicted octanol–water partition coefficient (Wildman–Crippen LogP) is 4.63. The van der Waals surface area contributed by atoms with Gasteiger partial charge < -0.3 is 9.47 Å². The molecule has 162 valence electrons. The number of para-hydroxylation sites is 1. The van der Waals surface area contributed by atoms with Gasteiger partial charge >= 0.3 is 5.69 Å². The Hall–Kier alpha value is -1.49. The monoisotopic (exact) mass is 436 g/mol. The number of rotatable bonds is 11. The van der Waals surface area contributed by atoms with Crippen LogP contribution in [-0.2, 0) is 22.9 Å². The van der Waals surface area contributed by atoms with E-state index in [1.807, 2.05) is 12.1 Å². The zero-order valence-corrected chi connectivity index (χ0v) is 21.0. The van der Waals surface area contributed by atoms with Crippen LogP contribution in [0.5, 0.6) is 0 Å². The Bertz CT molecular complexity index is 904. The van der Waals surface area contributed by atoms with Crippen molar-refractivity contribution in [2.24, 2.45) is 0 Å². The van der Waals surface area contributed by atoms with Crippen molar-refractivity contribution >= 4 is 33.0 Å². The fourth-order valence-electron chi connectivity index (χ4n) is 2.97. The van der Waals surface area contributed by atoms with Crippen molar-refractivity contribution in [2.45, 2.75) is 71.8 Å². The summed E-state index contributed by atoms with van der Waals surface area (Å²) in [5, 5.41) is 0. The summed E-state index contributed by atoms with van der Waals surface area (Å²) in [4.78, 5) is 25.3. The van der Waals surface area contributed by atoms with Gasteiger partial charge in [-0.15, -0.1) is 0 Å². The van der Waals surface area contributed by atoms with E-state index >= 15 is 0 Å². The number of imidazole rings is 1. The molecule has 0 amide bonds. The molecule has 2 aromatic rings. The number of nitrogens with zero attached hydrogens (tertiary/aromatic N) is 2. The number of carbonyl (C=O) groups is 1. The van der Waals surface area contributed by atoms with Crippen molar-refractivity contribution in [1.29, 1.82) is 0 Å². The first kappa shape index (κ1) is 23.8. The number of Topliss-reactive ketones (excluding diaryl/α,β-unsaturated/α-hetero) is 1. The zero-order chi connectivity index (χ0) is 21.8. The summed E-state index contributed by atoms with van der Waals surface area (Å²) in [6.45, 7) is 16.9. The standard InChI is InChI=1S/C21H36N2O4Si2/c1-17(24)18-9-8-10-19-20(18)23(16-27-12-14-29(5,6)7)21(25)22(19)15-26-11-13-28(2,3)4/h8-10H,11-16H2,1-7H3. The van der Waals surface area contributed by atoms with Crippen molar-refractivity contribution in [3.63, 3.8) is 0 Å². The third kappa shape index (κ3) is 6.77. The van der Waals surface area contributed by atoms with E-state index in [1.54, 1.807) is 15.2 Å². The quantitative estimate of drug-likeness (QED) is 0.293. The van der Waals surface area contributed by atoms with E-state index in [-0.39, 0.29) is 24.9 Å². The highest BCUT2D eigenvalue weighted by Crippen LogP contribution is 2.20. The zero-order valence-electron chi connectivity index (χ0n) is 19.0. The molecule has 6 nitrogen and oxygen atoms in total. The Labute approximate surface area is 175 Å². The highest BCUT2D eigenvalue weighted by atomic mass is 28.3. The van der Waals surface area contributed by atoms with Crippen LogP contribution in [0.25, 0.3) is 11.0 Å². The molecular weight excluding hydrogens is 400 g/mol. The molecule has 2 rings (SSSR count). The summed E-state index contributed by atoms with van der Waals surface area (Å²) in [6, 6.07) is 7.51. The van der Waals surface area contributed by atoms with Gasteiger partial charge in [-0.25, -0.2) is 4.79 Å². The Kier molecular flexibility index (Phi) is 7.83. The number of aromatic nitrogens is 2. The lowest BCUT2D eigenvalue weighted by molar-refractivity contribution is 0.0754. The number of ketones is 1. The molecule has 0 spiro atoms. The highest BCUT2D eigenvalue weighted by molar-refractivity contribution is 6.76. The lowest BCUT2D eigenvalue weighted by Gasteiger charge is -2.15. The van der Waals surface area contributed by atoms with E-state index in [0.717, 1.165) is 12.1 Å². The maximum absolute atomic E-state index is 13.1. The number of fused-ring (bicyclic) bond motifs is 1. The molecule has 1 heterocycles. The molecule has 0 aliphatic carbocycles. The first-order valence-electron chi connectivity index (χ1n) is 10.3. The third-order valence-corrected chi connectivity index (χ3v) is 8.26. The Morgan fingerprint density at radius 2 is 1.41 bits per heavy atom. The molecule has 0 saturated carbocycles. The smallest absolute Gasteiger partial charge is 0.332 e. The van der Waals surface area contributed by atoms with Crippen molar-refractivity contribution < 1.29 is 14.3 Å². The molecule has 1 aromatic heterocycles. The second kappa shape index (κ2) is 9.55. The molecule has 0 N–H and O–H groups in total. The minimum atomic E-state index is -1.21. The van der Waals surface area contributed by atoms with E-state index in [1.165, 1.54) is 6.92 Å². The second-order valence-corrected chi connectivity index (χ2v) is 21.3. The fraction of sp³-hybridized carbons (Fsp3) is 0.619. The number of hydrogen-bond donors (Lipinski definition) is 0. The lowest BCUT2D eigenvalue weighted by atomic mass is 10.1. The fourth-order valence-corrected chi connectivity index (χ4v) is 4.49. The number of benzene rings is 1. The van der Waals surface area contributed by atoms with Crippen molar-refractivity contribution in [1.82, 2.24) is 9.13 Å². The maximum Gasteiger partial charge on any atom is 0.332 e. The topological polar surface area (TPSA) is 62.5 Å². The van der Waals surface area contributed by atoms with Crippen molar-refractivity contribution in [2.75, 3.05) is 13.2 Å². The van der Waals surface area contributed by atoms with Gasteiger partial charge in [-0.3, -0.25) is 13.9 Å². The lowest BCUT2D eigenvalue weighted by Crippen LogP contribution is -2.28. The van der Waals surface area contributed by atoms with Gasteiger partial charge in [-0.1, -0.05) is 45.3 Å². The molecule has 0 saturated heterocycles. The van der Waals surface area contributed by atoms with E-state index in [2.05, 4.69) is 39.3 Å². The normalized spacial score (nSPS) is 12.7. The summed E-state index contributed by atoms with van der Waals surface area (Å²) >= 11 is 0. The van der Waals surface area contributed by atoms with Crippen LogP contribution in [0.15, 0.2) is 23.0 Å². The van der Waals surface area contributed by atoms with Gasteiger partial charge in [0, 0.05) is 34.9 Å². The van der Waals surface area contributed by atoms with E-state index in [0.29, 0.717) is 29.8 Å². The van der Waals surface area contributed by atoms with E-state index < -0.39 is 16.1 Å². The van der Waals surface area contributed by atoms with Crippen molar-refractivity contribution in [3.8, 4) is 0 Å². The average molecular weight is 437 g/mol. The Morgan fingerprint density at radius 1 is 0.897 bits per heavy atom. The summed E-state index contributed by atoms with van der Waals surface area (Å²) in [7, 11) is -2.41. The Balaban J connectivity index is 2.30. The minimum absolute atomic E-state index is 0.0664. The highest BCUT2D eigenvalue weighted by Gasteiger charge is 2.19. The molecule has 1 aromatic carbocycles. The van der Waals surface area contributed by atoms with Crippen LogP contribution in [0.2, 0.25) is 51.4 Å². The summed E-state index contributed by atoms with van der Waals surface area (Å²) < 4.78 is 14.8. The van der Waals surface area contributed by atoms with Gasteiger partial charge in [0.05, 0.1) is 11.0 Å². The van der Waals surface area contributed by atoms with Crippen LogP contribution in [0, 0.1) is 0 Å². The molecule has 0 bridgehead atoms. The van der Waals surface area contributed by atoms with Crippen LogP contribution < -0.4 is 5.69 Å². The van der Waals surface area contributed by atoms with Gasteiger partial charge in [-0.2, -0.15) is 0 Å². The van der Waals surface area contributed by atoms with Crippen molar-refractivity contribution in [3.05, 3.63) is 34.2 Å². The molecule has 8 heteroatoms. The summed E-state index contributed by atoms with van der Waals surface area (Å²) in [6.07, 6.45) is 0. The molecule has 0 radical (unpaired) electrons. The van der Waals surface area contributed by atoms with Crippen LogP contribution in [0.4, 0.5) is 0 Å². The number of ether oxygens (including phenoxy) is 2. The van der Waals surface area contributed by atoms with E-state index in [9.17, 15) is 9.59 Å². The SMILES string of the molecule is CC(=O)c1cccc2c1n(COCC[Si](C)(C)C)c(=O)n2COCC[Si](C)(C)C. The minimum Gasteiger partial charge on any atom is -0.361 e. The van der Waals surface area contributed by atoms with Gasteiger partial charge in [0.25, 0.3) is 0 Å². The molecule has 0 fully saturated rings. The summed E-state index contributed by atoms with van der Waals surface area (Å²) in [5.41, 5.74) is 1.68. The van der Waals surface area contributed by atoms with Gasteiger partial charge in [-0.05, 0) is 31.1 Å². The van der Waals surface area contributed by atoms with E-state index in [4.69, 9.17) is 9.47 Å². The third-order valence-electron chi connectivity index (χ3n) is 4.85. The molecular formula is C21H36N2O4Si2. The first-order valence-corrected chi connectivity index (χ1v) is 17.7. The molecule has 29 heavy (non-hydrogen) atoms. The predicted molar refractivity (Wildman–Crippen MR) is 124 cm³/mol. The van der Waals surface area contributed by atoms with Crippen LogP contribution >= 0.6 is 0 Å². The number of hydrogen-bond acceptors (Lipinski definition) is 4. The van der Waals surface area contributed by atoms with Gasteiger partial charge in [0.1, 0.15) is 13.5 Å². The largest absolute Gasteiger partial charge is 0.361 e. The average Bonchev–Trinajstić information content (AvgIpc) is 2.85. The van der Waals surface area contributed by atoms with Crippen LogP contribution in [0.3, 0.4) is 0 Å². The second-order valence-electron chi connectivity index (χ2n) is 10.1. The van der Waals surface area contributed by atoms with Gasteiger partial charge in [0.2, 0.25) is 0 Å². The Morgan fingerprint density at radius 3 is 1.90 bits per heavy atom. The summed E-state index contributed by atoms with van der Waals surface area (Å²) in [5.74, 6) is -0.0664. The molecule has 0 atom stereocenters. The molecule has 0 aliphatic rings. The maximum atomic E-state index is 13.1. The molecule has 0 aliphatic heterocycles. The van der Waals surface area contributed by atoms with Crippen LogP contribution in [-0.4, -0.2) is 44.3 Å². The van der Waals surface area contributed by atoms with Crippen LogP contribution in [0.1, 0.15) is 17.3 Å².